The van der Waals surface area contributed by atoms with E-state index in [1.54, 1.807) is 18.2 Å². The van der Waals surface area contributed by atoms with Gasteiger partial charge in [-0.3, -0.25) is 4.79 Å². The molecular formula is C20H23NO4. The van der Waals surface area contributed by atoms with Crippen LogP contribution in [-0.4, -0.2) is 25.6 Å². The van der Waals surface area contributed by atoms with Crippen LogP contribution in [0.5, 0.6) is 5.75 Å². The minimum absolute atomic E-state index is 0.114. The van der Waals surface area contributed by atoms with Crippen LogP contribution in [0, 0.1) is 6.92 Å². The molecule has 0 saturated heterocycles. The lowest BCUT2D eigenvalue weighted by Gasteiger charge is -2.12. The number of anilines is 1. The van der Waals surface area contributed by atoms with Crippen molar-refractivity contribution in [3.05, 3.63) is 59.2 Å². The van der Waals surface area contributed by atoms with Gasteiger partial charge in [0.05, 0.1) is 19.3 Å². The average Bonchev–Trinajstić information content (AvgIpc) is 2.62. The van der Waals surface area contributed by atoms with E-state index in [9.17, 15) is 9.59 Å². The van der Waals surface area contributed by atoms with Crippen LogP contribution in [0.15, 0.2) is 42.5 Å². The number of ether oxygens (including phenoxy) is 2. The molecule has 0 spiro atoms. The minimum Gasteiger partial charge on any atom is -0.494 e. The predicted octanol–water partition coefficient (Wildman–Crippen LogP) is 3.75. The van der Waals surface area contributed by atoms with Crippen molar-refractivity contribution in [2.45, 2.75) is 26.7 Å². The first-order chi connectivity index (χ1) is 12.0. The van der Waals surface area contributed by atoms with Crippen molar-refractivity contribution in [3.63, 3.8) is 0 Å². The molecule has 0 saturated carbocycles. The molecule has 132 valence electrons. The van der Waals surface area contributed by atoms with Gasteiger partial charge in [0.25, 0.3) is 0 Å². The molecule has 2 aromatic rings. The quantitative estimate of drug-likeness (QED) is 0.779. The van der Waals surface area contributed by atoms with Gasteiger partial charge < -0.3 is 14.8 Å². The number of carbonyl (C=O) groups is 2. The van der Waals surface area contributed by atoms with E-state index in [1.807, 2.05) is 38.1 Å². The highest BCUT2D eigenvalue weighted by molar-refractivity contribution is 5.95. The molecule has 25 heavy (non-hydrogen) atoms. The van der Waals surface area contributed by atoms with Gasteiger partial charge in [0.1, 0.15) is 5.75 Å². The van der Waals surface area contributed by atoms with Gasteiger partial charge in [0.15, 0.2) is 0 Å². The maximum absolute atomic E-state index is 12.3. The molecule has 0 bridgehead atoms. The lowest BCUT2D eigenvalue weighted by Crippen LogP contribution is -2.14. The number of nitrogens with one attached hydrogen (secondary N) is 1. The Hall–Kier alpha value is -2.82. The van der Waals surface area contributed by atoms with E-state index < -0.39 is 5.97 Å². The maximum atomic E-state index is 12.3. The molecule has 0 aromatic heterocycles. The van der Waals surface area contributed by atoms with Crippen LogP contribution in [0.1, 0.15) is 34.8 Å². The molecule has 5 heteroatoms. The number of benzene rings is 2. The molecule has 0 atom stereocenters. The summed E-state index contributed by atoms with van der Waals surface area (Å²) in [6.07, 6.45) is 0.906. The van der Waals surface area contributed by atoms with Crippen LogP contribution in [-0.2, 0) is 16.0 Å². The summed E-state index contributed by atoms with van der Waals surface area (Å²) in [7, 11) is 1.33. The highest BCUT2D eigenvalue weighted by Crippen LogP contribution is 2.21. The van der Waals surface area contributed by atoms with Crippen LogP contribution in [0.3, 0.4) is 0 Å². The summed E-state index contributed by atoms with van der Waals surface area (Å²) in [5.74, 6) is 0.263. The second kappa shape index (κ2) is 8.87. The Labute approximate surface area is 148 Å². The van der Waals surface area contributed by atoms with Crippen molar-refractivity contribution < 1.29 is 19.1 Å². The zero-order chi connectivity index (χ0) is 18.2. The number of hydrogen-bond donors (Lipinski definition) is 1. The predicted molar refractivity (Wildman–Crippen MR) is 97.1 cm³/mol. The van der Waals surface area contributed by atoms with Gasteiger partial charge in [-0.05, 0) is 49.6 Å². The number of rotatable bonds is 7. The van der Waals surface area contributed by atoms with Crippen LogP contribution >= 0.6 is 0 Å². The molecule has 0 heterocycles. The van der Waals surface area contributed by atoms with E-state index in [1.165, 1.54) is 7.11 Å². The van der Waals surface area contributed by atoms with Gasteiger partial charge in [-0.25, -0.2) is 4.79 Å². The van der Waals surface area contributed by atoms with Gasteiger partial charge >= 0.3 is 5.97 Å². The Balaban J connectivity index is 2.02. The zero-order valence-corrected chi connectivity index (χ0v) is 14.8. The summed E-state index contributed by atoms with van der Waals surface area (Å²) in [6.45, 7) is 4.39. The first kappa shape index (κ1) is 18.5. The molecular weight excluding hydrogens is 318 g/mol. The van der Waals surface area contributed by atoms with Crippen molar-refractivity contribution in [2.24, 2.45) is 0 Å². The van der Waals surface area contributed by atoms with Crippen LogP contribution in [0.4, 0.5) is 5.69 Å². The first-order valence-corrected chi connectivity index (χ1v) is 8.24. The molecule has 0 radical (unpaired) electrons. The number of aryl methyl sites for hydroxylation is 2. The van der Waals surface area contributed by atoms with Gasteiger partial charge in [-0.1, -0.05) is 24.3 Å². The second-order valence-electron chi connectivity index (χ2n) is 5.61. The average molecular weight is 341 g/mol. The summed E-state index contributed by atoms with van der Waals surface area (Å²) in [5, 5.41) is 2.86. The van der Waals surface area contributed by atoms with Gasteiger partial charge in [-0.2, -0.15) is 0 Å². The Morgan fingerprint density at radius 1 is 1.12 bits per heavy atom. The number of methoxy groups -OCH3 is 1. The maximum Gasteiger partial charge on any atom is 0.337 e. The molecule has 0 aliphatic heterocycles. The number of carbonyl (C=O) groups excluding carboxylic acids is 2. The zero-order valence-electron chi connectivity index (χ0n) is 14.8. The number of amides is 1. The summed E-state index contributed by atoms with van der Waals surface area (Å²) in [6, 6.07) is 12.8. The number of para-hydroxylation sites is 1. The van der Waals surface area contributed by atoms with Crippen molar-refractivity contribution >= 4 is 17.6 Å². The standard InChI is InChI=1S/C20H23NO4/c1-4-25-18-8-6-5-7-15(18)11-12-19(22)21-17-13-16(20(23)24-3)10-9-14(17)2/h5-10,13H,4,11-12H2,1-3H3,(H,21,22). The summed E-state index contributed by atoms with van der Waals surface area (Å²) < 4.78 is 10.3. The fourth-order valence-electron chi connectivity index (χ4n) is 2.47. The molecule has 0 aliphatic rings. The highest BCUT2D eigenvalue weighted by atomic mass is 16.5. The van der Waals surface area contributed by atoms with Crippen molar-refractivity contribution in [2.75, 3.05) is 19.0 Å². The van der Waals surface area contributed by atoms with Crippen LogP contribution < -0.4 is 10.1 Å². The Morgan fingerprint density at radius 2 is 1.88 bits per heavy atom. The molecule has 2 aromatic carbocycles. The summed E-state index contributed by atoms with van der Waals surface area (Å²) in [4.78, 5) is 23.9. The number of esters is 1. The van der Waals surface area contributed by atoms with Gasteiger partial charge in [0, 0.05) is 12.1 Å². The van der Waals surface area contributed by atoms with E-state index in [4.69, 9.17) is 9.47 Å². The lowest BCUT2D eigenvalue weighted by atomic mass is 10.1. The van der Waals surface area contributed by atoms with Crippen LogP contribution in [0.2, 0.25) is 0 Å². The van der Waals surface area contributed by atoms with Gasteiger partial charge in [-0.15, -0.1) is 0 Å². The second-order valence-corrected chi connectivity index (χ2v) is 5.61. The van der Waals surface area contributed by atoms with Crippen molar-refractivity contribution in [1.29, 1.82) is 0 Å². The Morgan fingerprint density at radius 3 is 2.60 bits per heavy atom. The topological polar surface area (TPSA) is 64.6 Å². The third kappa shape index (κ3) is 5.08. The lowest BCUT2D eigenvalue weighted by molar-refractivity contribution is -0.116. The van der Waals surface area contributed by atoms with E-state index in [0.29, 0.717) is 30.7 Å². The molecule has 1 amide bonds. The fourth-order valence-corrected chi connectivity index (χ4v) is 2.47. The first-order valence-electron chi connectivity index (χ1n) is 8.24. The molecule has 2 rings (SSSR count). The largest absolute Gasteiger partial charge is 0.494 e. The highest BCUT2D eigenvalue weighted by Gasteiger charge is 2.11. The van der Waals surface area contributed by atoms with E-state index in [0.717, 1.165) is 16.9 Å². The summed E-state index contributed by atoms with van der Waals surface area (Å²) >= 11 is 0. The van der Waals surface area contributed by atoms with E-state index in [-0.39, 0.29) is 5.91 Å². The third-order valence-electron chi connectivity index (χ3n) is 3.83. The molecule has 5 nitrogen and oxygen atoms in total. The monoisotopic (exact) mass is 341 g/mol. The fraction of sp³-hybridized carbons (Fsp3) is 0.300. The number of hydrogen-bond acceptors (Lipinski definition) is 4. The van der Waals surface area contributed by atoms with Crippen molar-refractivity contribution in [1.82, 2.24) is 0 Å². The smallest absolute Gasteiger partial charge is 0.337 e. The molecule has 0 fully saturated rings. The molecule has 0 aliphatic carbocycles. The molecule has 1 N–H and O–H groups in total. The SMILES string of the molecule is CCOc1ccccc1CCC(=O)Nc1cc(C(=O)OC)ccc1C. The minimum atomic E-state index is -0.429. The van der Waals surface area contributed by atoms with Crippen LogP contribution in [0.25, 0.3) is 0 Å². The van der Waals surface area contributed by atoms with E-state index in [2.05, 4.69) is 5.32 Å². The summed E-state index contributed by atoms with van der Waals surface area (Å²) in [5.41, 5.74) is 2.91. The normalized spacial score (nSPS) is 10.2. The Kier molecular flexibility index (Phi) is 6.57. The van der Waals surface area contributed by atoms with Gasteiger partial charge in [0.2, 0.25) is 5.91 Å². The third-order valence-corrected chi connectivity index (χ3v) is 3.83. The molecule has 0 unspecified atom stereocenters. The Bertz CT molecular complexity index is 755. The van der Waals surface area contributed by atoms with E-state index >= 15 is 0 Å². The van der Waals surface area contributed by atoms with Crippen molar-refractivity contribution in [3.8, 4) is 5.75 Å².